The second-order valence-corrected chi connectivity index (χ2v) is 5.78. The summed E-state index contributed by atoms with van der Waals surface area (Å²) in [5, 5.41) is 13.1. The van der Waals surface area contributed by atoms with Crippen LogP contribution in [-0.4, -0.2) is 42.2 Å². The highest BCUT2D eigenvalue weighted by Crippen LogP contribution is 2.39. The van der Waals surface area contributed by atoms with Crippen LogP contribution in [0.25, 0.3) is 0 Å². The summed E-state index contributed by atoms with van der Waals surface area (Å²) >= 11 is 0. The van der Waals surface area contributed by atoms with Crippen molar-refractivity contribution in [3.8, 4) is 0 Å². The Morgan fingerprint density at radius 3 is 2.86 bits per heavy atom. The molecule has 1 saturated carbocycles. The van der Waals surface area contributed by atoms with Crippen LogP contribution in [0.15, 0.2) is 30.3 Å². The molecule has 1 aromatic rings. The van der Waals surface area contributed by atoms with Gasteiger partial charge in [0.15, 0.2) is 6.29 Å². The zero-order valence-corrected chi connectivity index (χ0v) is 11.3. The van der Waals surface area contributed by atoms with E-state index in [1.807, 2.05) is 30.3 Å². The Balaban J connectivity index is 1.53. The van der Waals surface area contributed by atoms with Gasteiger partial charge in [0.05, 0.1) is 18.8 Å². The molecule has 6 heteroatoms. The topological polar surface area (TPSA) is 77.0 Å². The third kappa shape index (κ3) is 2.19. The van der Waals surface area contributed by atoms with Crippen molar-refractivity contribution in [2.75, 3.05) is 6.61 Å². The fourth-order valence-corrected chi connectivity index (χ4v) is 3.42. The number of carbonyl (C=O) groups excluding carboxylic acids is 1. The van der Waals surface area contributed by atoms with E-state index in [2.05, 4.69) is 5.32 Å². The fraction of sp³-hybridized carbons (Fsp3) is 0.533. The number of hydrogen-bond donors (Lipinski definition) is 2. The van der Waals surface area contributed by atoms with Gasteiger partial charge in [-0.3, -0.25) is 0 Å². The standard InChI is InChI=1S/C15H17NO5/c17-12-11-10(20-15(18)16-11)6-9-7-19-14(21-13(9)12)8-4-2-1-3-5-8/h1-5,9-14,17H,6-7H2,(H,16,18)/t9-,10+,11+,12-,13-,14-/m1/s1. The van der Waals surface area contributed by atoms with Gasteiger partial charge in [-0.25, -0.2) is 4.79 Å². The summed E-state index contributed by atoms with van der Waals surface area (Å²) < 4.78 is 16.9. The van der Waals surface area contributed by atoms with Crippen LogP contribution < -0.4 is 5.32 Å². The number of aliphatic hydroxyl groups is 1. The lowest BCUT2D eigenvalue weighted by atomic mass is 9.79. The molecule has 6 nitrogen and oxygen atoms in total. The third-order valence-corrected chi connectivity index (χ3v) is 4.46. The maximum atomic E-state index is 11.3. The molecule has 2 aliphatic heterocycles. The maximum absolute atomic E-state index is 11.3. The molecule has 3 aliphatic rings. The summed E-state index contributed by atoms with van der Waals surface area (Å²) in [6, 6.07) is 9.25. The summed E-state index contributed by atoms with van der Waals surface area (Å²) in [5.41, 5.74) is 0.928. The van der Waals surface area contributed by atoms with Crippen LogP contribution in [0, 0.1) is 5.92 Å². The first-order valence-corrected chi connectivity index (χ1v) is 7.19. The van der Waals surface area contributed by atoms with E-state index in [0.717, 1.165) is 5.56 Å². The molecule has 2 heterocycles. The van der Waals surface area contributed by atoms with Crippen LogP contribution in [-0.2, 0) is 14.2 Å². The van der Waals surface area contributed by atoms with Crippen molar-refractivity contribution in [1.82, 2.24) is 5.32 Å². The molecule has 0 spiro atoms. The molecule has 2 N–H and O–H groups in total. The number of aliphatic hydroxyl groups excluding tert-OH is 1. The van der Waals surface area contributed by atoms with E-state index in [1.54, 1.807) is 0 Å². The summed E-state index contributed by atoms with van der Waals surface area (Å²) in [7, 11) is 0. The Morgan fingerprint density at radius 2 is 2.05 bits per heavy atom. The Hall–Kier alpha value is -1.63. The van der Waals surface area contributed by atoms with Crippen LogP contribution in [0.5, 0.6) is 0 Å². The molecule has 0 aromatic heterocycles. The van der Waals surface area contributed by atoms with Crippen LogP contribution in [0.3, 0.4) is 0 Å². The molecule has 112 valence electrons. The second-order valence-electron chi connectivity index (χ2n) is 5.78. The molecule has 3 fully saturated rings. The van der Waals surface area contributed by atoms with Gasteiger partial charge in [0.1, 0.15) is 12.2 Å². The van der Waals surface area contributed by atoms with Gasteiger partial charge in [-0.1, -0.05) is 30.3 Å². The molecule has 0 radical (unpaired) electrons. The molecule has 4 rings (SSSR count). The average Bonchev–Trinajstić information content (AvgIpc) is 2.89. The van der Waals surface area contributed by atoms with E-state index in [9.17, 15) is 9.90 Å². The quantitative estimate of drug-likeness (QED) is 0.806. The van der Waals surface area contributed by atoms with Gasteiger partial charge in [-0.05, 0) is 6.42 Å². The Labute approximate surface area is 122 Å². The fourth-order valence-electron chi connectivity index (χ4n) is 3.42. The van der Waals surface area contributed by atoms with Gasteiger partial charge in [0.2, 0.25) is 0 Å². The first-order chi connectivity index (χ1) is 10.2. The van der Waals surface area contributed by atoms with E-state index < -0.39 is 24.5 Å². The van der Waals surface area contributed by atoms with Gasteiger partial charge < -0.3 is 24.6 Å². The molecular formula is C15H17NO5. The van der Waals surface area contributed by atoms with E-state index >= 15 is 0 Å². The highest BCUT2D eigenvalue weighted by molar-refractivity contribution is 5.70. The zero-order chi connectivity index (χ0) is 14.4. The zero-order valence-electron chi connectivity index (χ0n) is 11.3. The predicted molar refractivity (Wildman–Crippen MR) is 71.3 cm³/mol. The number of hydrogen-bond acceptors (Lipinski definition) is 5. The molecule has 0 unspecified atom stereocenters. The highest BCUT2D eigenvalue weighted by Gasteiger charge is 2.52. The lowest BCUT2D eigenvalue weighted by molar-refractivity contribution is -0.277. The minimum Gasteiger partial charge on any atom is -0.444 e. The molecule has 2 saturated heterocycles. The Morgan fingerprint density at radius 1 is 1.24 bits per heavy atom. The van der Waals surface area contributed by atoms with Crippen molar-refractivity contribution in [1.29, 1.82) is 0 Å². The number of rotatable bonds is 1. The first kappa shape index (κ1) is 13.1. The van der Waals surface area contributed by atoms with Crippen LogP contribution >= 0.6 is 0 Å². The molecule has 6 atom stereocenters. The number of alkyl carbamates (subject to hydrolysis) is 1. The minimum atomic E-state index is -0.782. The molecule has 1 amide bonds. The normalized spacial score (nSPS) is 41.7. The van der Waals surface area contributed by atoms with Crippen molar-refractivity contribution in [2.45, 2.75) is 37.1 Å². The Bertz CT molecular complexity index is 536. The largest absolute Gasteiger partial charge is 0.444 e. The lowest BCUT2D eigenvalue weighted by Crippen LogP contribution is -2.59. The maximum Gasteiger partial charge on any atom is 0.407 e. The number of benzene rings is 1. The van der Waals surface area contributed by atoms with Crippen molar-refractivity contribution >= 4 is 6.09 Å². The number of fused-ring (bicyclic) bond motifs is 2. The van der Waals surface area contributed by atoms with Gasteiger partial charge in [0, 0.05) is 11.5 Å². The molecule has 0 bridgehead atoms. The Kier molecular flexibility index (Phi) is 3.10. The van der Waals surface area contributed by atoms with E-state index in [0.29, 0.717) is 13.0 Å². The second kappa shape index (κ2) is 4.98. The van der Waals surface area contributed by atoms with E-state index in [4.69, 9.17) is 14.2 Å². The van der Waals surface area contributed by atoms with Gasteiger partial charge in [-0.15, -0.1) is 0 Å². The van der Waals surface area contributed by atoms with Crippen molar-refractivity contribution in [3.05, 3.63) is 35.9 Å². The van der Waals surface area contributed by atoms with E-state index in [-0.39, 0.29) is 18.1 Å². The average molecular weight is 291 g/mol. The molecule has 1 aromatic carbocycles. The summed E-state index contributed by atoms with van der Waals surface area (Å²) in [4.78, 5) is 11.3. The number of ether oxygens (including phenoxy) is 3. The lowest BCUT2D eigenvalue weighted by Gasteiger charge is -2.45. The van der Waals surface area contributed by atoms with Crippen LogP contribution in [0.4, 0.5) is 4.79 Å². The SMILES string of the molecule is O=C1N[C@@H]2[C@@H](O)[C@@H]3O[C@H](c4ccccc4)OC[C@H]3C[C@@H]2O1. The van der Waals surface area contributed by atoms with E-state index in [1.165, 1.54) is 0 Å². The van der Waals surface area contributed by atoms with Crippen molar-refractivity contribution < 1.29 is 24.1 Å². The highest BCUT2D eigenvalue weighted by atomic mass is 16.7. The molecule has 1 aliphatic carbocycles. The van der Waals surface area contributed by atoms with Gasteiger partial charge >= 0.3 is 6.09 Å². The first-order valence-electron chi connectivity index (χ1n) is 7.19. The number of nitrogens with one attached hydrogen (secondary N) is 1. The summed E-state index contributed by atoms with van der Waals surface area (Å²) in [5.74, 6) is 0.0360. The summed E-state index contributed by atoms with van der Waals surface area (Å²) in [6.07, 6.45) is -1.73. The van der Waals surface area contributed by atoms with Crippen LogP contribution in [0.1, 0.15) is 18.3 Å². The van der Waals surface area contributed by atoms with Gasteiger partial charge in [-0.2, -0.15) is 0 Å². The van der Waals surface area contributed by atoms with Crippen molar-refractivity contribution in [3.63, 3.8) is 0 Å². The molecule has 21 heavy (non-hydrogen) atoms. The minimum absolute atomic E-state index is 0.0360. The smallest absolute Gasteiger partial charge is 0.407 e. The summed E-state index contributed by atoms with van der Waals surface area (Å²) in [6.45, 7) is 0.488. The number of carbonyl (C=O) groups is 1. The molecular weight excluding hydrogens is 274 g/mol. The van der Waals surface area contributed by atoms with Gasteiger partial charge in [0.25, 0.3) is 0 Å². The van der Waals surface area contributed by atoms with Crippen LogP contribution in [0.2, 0.25) is 0 Å². The van der Waals surface area contributed by atoms with Crippen molar-refractivity contribution in [2.24, 2.45) is 5.92 Å². The third-order valence-electron chi connectivity index (χ3n) is 4.46. The number of amides is 1. The predicted octanol–water partition coefficient (Wildman–Crippen LogP) is 0.958. The monoisotopic (exact) mass is 291 g/mol.